The second-order valence-corrected chi connectivity index (χ2v) is 22.9. The average molecular weight is 1090 g/mol. The molecule has 0 fully saturated rings. The molecular weight excluding hydrogens is 976 g/mol. The third kappa shape index (κ3) is 57.1. The molecule has 0 spiro atoms. The molecule has 4 atom stereocenters. The Balaban J connectivity index is 4.05. The summed E-state index contributed by atoms with van der Waals surface area (Å²) in [6, 6.07) is -1.11. The van der Waals surface area contributed by atoms with Crippen molar-refractivity contribution in [2.75, 3.05) is 40.9 Å². The van der Waals surface area contributed by atoms with Gasteiger partial charge in [-0.2, -0.15) is 0 Å². The molecule has 0 bridgehead atoms. The molecule has 0 aliphatic carbocycles. The zero-order valence-electron chi connectivity index (χ0n) is 49.7. The van der Waals surface area contributed by atoms with Crippen LogP contribution in [0.25, 0.3) is 0 Å². The molecule has 3 N–H and O–H groups in total. The Kier molecular flexibility index (Phi) is 53.4. The third-order valence-electron chi connectivity index (χ3n) is 13.0. The molecule has 0 saturated heterocycles. The van der Waals surface area contributed by atoms with E-state index in [0.717, 1.165) is 103 Å². The third-order valence-corrected chi connectivity index (χ3v) is 14.0. The van der Waals surface area contributed by atoms with Crippen molar-refractivity contribution in [3.63, 3.8) is 0 Å². The summed E-state index contributed by atoms with van der Waals surface area (Å²) < 4.78 is 23.2. The maximum atomic E-state index is 13.0. The van der Waals surface area contributed by atoms with Crippen LogP contribution in [0.3, 0.4) is 0 Å². The Morgan fingerprint density at radius 2 is 0.844 bits per heavy atom. The van der Waals surface area contributed by atoms with Crippen LogP contribution in [0.1, 0.15) is 226 Å². The summed E-state index contributed by atoms with van der Waals surface area (Å²) in [6.45, 7) is 4.07. The van der Waals surface area contributed by atoms with Gasteiger partial charge in [-0.05, 0) is 122 Å². The first kappa shape index (κ1) is 73.6. The molecule has 0 heterocycles. The molecule has 4 unspecified atom stereocenters. The zero-order valence-corrected chi connectivity index (χ0v) is 50.6. The monoisotopic (exact) mass is 1090 g/mol. The number of hydrogen-bond acceptors (Lipinski definition) is 7. The molecule has 9 nitrogen and oxygen atoms in total. The summed E-state index contributed by atoms with van der Waals surface area (Å²) >= 11 is 0. The number of aliphatic hydroxyl groups is 2. The van der Waals surface area contributed by atoms with Crippen molar-refractivity contribution in [1.29, 1.82) is 0 Å². The normalized spacial score (nSPS) is 15.2. The Hall–Kier alpha value is -3.40. The fraction of sp³-hybridized carbons (Fsp3) is 0.657. The molecule has 77 heavy (non-hydrogen) atoms. The molecule has 0 rings (SSSR count). The maximum Gasteiger partial charge on any atom is 0.268 e. The van der Waals surface area contributed by atoms with E-state index in [1.54, 1.807) is 0 Å². The maximum absolute atomic E-state index is 13.0. The zero-order chi connectivity index (χ0) is 56.4. The second kappa shape index (κ2) is 55.9. The number of carbonyl (C=O) groups is 1. The number of phosphoric acid groups is 1. The first-order valence-electron chi connectivity index (χ1n) is 30.6. The van der Waals surface area contributed by atoms with E-state index in [-0.39, 0.29) is 18.9 Å². The fourth-order valence-corrected chi connectivity index (χ4v) is 8.97. The molecule has 10 heteroatoms. The van der Waals surface area contributed by atoms with Crippen molar-refractivity contribution in [3.05, 3.63) is 134 Å². The Morgan fingerprint density at radius 3 is 1.26 bits per heavy atom. The fourth-order valence-electron chi connectivity index (χ4n) is 8.25. The number of unbranched alkanes of at least 4 members (excludes halogenated alkanes) is 19. The number of aliphatic hydroxyl groups excluding tert-OH is 2. The van der Waals surface area contributed by atoms with Crippen molar-refractivity contribution in [3.8, 4) is 0 Å². The smallest absolute Gasteiger partial charge is 0.268 e. The lowest BCUT2D eigenvalue weighted by Gasteiger charge is -2.31. The van der Waals surface area contributed by atoms with Gasteiger partial charge in [0.1, 0.15) is 19.3 Å². The van der Waals surface area contributed by atoms with E-state index in [0.29, 0.717) is 30.3 Å². The van der Waals surface area contributed by atoms with E-state index in [9.17, 15) is 24.5 Å². The van der Waals surface area contributed by atoms with Gasteiger partial charge in [-0.1, -0.05) is 230 Å². The first-order chi connectivity index (χ1) is 37.4. The lowest BCUT2D eigenvalue weighted by Crippen LogP contribution is -2.51. The van der Waals surface area contributed by atoms with Gasteiger partial charge in [0, 0.05) is 6.42 Å². The summed E-state index contributed by atoms with van der Waals surface area (Å²) in [7, 11) is 1.08. The van der Waals surface area contributed by atoms with Gasteiger partial charge in [-0.3, -0.25) is 9.36 Å². The van der Waals surface area contributed by atoms with Crippen molar-refractivity contribution in [2.45, 2.75) is 244 Å². The van der Waals surface area contributed by atoms with Gasteiger partial charge in [0.15, 0.2) is 0 Å². The number of likely N-dealkylation sites (N-methyl/N-ethyl adjacent to an activating group) is 1. The molecule has 0 aromatic carbocycles. The highest BCUT2D eigenvalue weighted by atomic mass is 31.2. The van der Waals surface area contributed by atoms with Gasteiger partial charge in [0.25, 0.3) is 7.82 Å². The van der Waals surface area contributed by atoms with Gasteiger partial charge >= 0.3 is 0 Å². The Morgan fingerprint density at radius 1 is 0.494 bits per heavy atom. The molecule has 0 aliphatic heterocycles. The highest BCUT2D eigenvalue weighted by Crippen LogP contribution is 2.38. The molecule has 0 radical (unpaired) electrons. The Labute approximate surface area is 473 Å². The number of phosphoric ester groups is 1. The predicted octanol–water partition coefficient (Wildman–Crippen LogP) is 17.4. The minimum absolute atomic E-state index is 0.0551. The molecule has 0 aromatic heterocycles. The summed E-state index contributed by atoms with van der Waals surface area (Å²) in [6.07, 6.45) is 81.3. The number of rotatable bonds is 54. The number of nitrogens with zero attached hydrogens (tertiary/aromatic N) is 1. The predicted molar refractivity (Wildman–Crippen MR) is 331 cm³/mol. The standard InChI is InChI=1S/C67H115N2O7P/c1-6-8-10-12-14-16-18-20-21-22-23-24-25-26-27-28-29-30-31-32-33-34-35-36-37-38-39-40-41-42-43-44-45-46-47-48-50-52-54-56-58-60-66(71)68-64(63-76-77(73,74)75-62-61-69(3,4)5)67(72)65(70)59-57-55-53-51-49-19-17-15-13-11-9-7-2/h7-10,14-17,20-21,23-24,26-27,29-30,32-33,35-36,51,53,64-65,67,70,72H,6,11-13,18-19,22,25,28,31,34,37-50,52,54-63H2,1-5H3,(H-,68,71,73,74)/b9-7+,10-8-,16-14-,17-15+,21-20-,24-23-,27-26-,30-29-,33-32-,36-35-,53-51+. The van der Waals surface area contributed by atoms with Crippen LogP contribution in [-0.4, -0.2) is 79.8 Å². The number of amides is 1. The average Bonchev–Trinajstić information content (AvgIpc) is 3.39. The molecule has 0 aliphatic rings. The summed E-state index contributed by atoms with van der Waals surface area (Å²) in [4.78, 5) is 25.5. The SMILES string of the molecule is C/C=C/CC/C=C/CC/C=C/CCCC(O)C(O)C(COP(=O)([O-])OCC[N+](C)(C)C)NC(=O)CCCCCCCCCCCCCCCCCC/C=C\C/C=C\C/C=C\C/C=C\C/C=C\C/C=C\C/C=C\C/C=C\CC. The van der Waals surface area contributed by atoms with Gasteiger partial charge < -0.3 is 34.0 Å². The number of hydrogen-bond donors (Lipinski definition) is 3. The summed E-state index contributed by atoms with van der Waals surface area (Å²) in [5.41, 5.74) is 0. The van der Waals surface area contributed by atoms with Crippen LogP contribution in [-0.2, 0) is 18.4 Å². The van der Waals surface area contributed by atoms with Crippen molar-refractivity contribution >= 4 is 13.7 Å². The molecular formula is C67H115N2O7P. The van der Waals surface area contributed by atoms with E-state index < -0.39 is 32.7 Å². The molecule has 0 aromatic rings. The van der Waals surface area contributed by atoms with E-state index in [1.807, 2.05) is 28.1 Å². The van der Waals surface area contributed by atoms with Gasteiger partial charge in [0.2, 0.25) is 5.91 Å². The number of allylic oxidation sites excluding steroid dienone is 22. The molecule has 0 saturated carbocycles. The highest BCUT2D eigenvalue weighted by molar-refractivity contribution is 7.45. The molecule has 1 amide bonds. The van der Waals surface area contributed by atoms with E-state index in [4.69, 9.17) is 9.05 Å². The topological polar surface area (TPSA) is 128 Å². The number of nitrogens with one attached hydrogen (secondary N) is 1. The summed E-state index contributed by atoms with van der Waals surface area (Å²) in [5, 5.41) is 24.7. The van der Waals surface area contributed by atoms with Crippen LogP contribution >= 0.6 is 7.82 Å². The van der Waals surface area contributed by atoms with Gasteiger partial charge in [-0.25, -0.2) is 0 Å². The van der Waals surface area contributed by atoms with Gasteiger partial charge in [0.05, 0.1) is 39.9 Å². The summed E-state index contributed by atoms with van der Waals surface area (Å²) in [5.74, 6) is -0.299. The lowest BCUT2D eigenvalue weighted by molar-refractivity contribution is -0.870. The van der Waals surface area contributed by atoms with Crippen LogP contribution in [0, 0.1) is 0 Å². The van der Waals surface area contributed by atoms with Crippen LogP contribution < -0.4 is 10.2 Å². The number of carbonyl (C=O) groups excluding carboxylic acids is 1. The minimum Gasteiger partial charge on any atom is -0.756 e. The van der Waals surface area contributed by atoms with Gasteiger partial charge in [-0.15, -0.1) is 0 Å². The quantitative estimate of drug-likeness (QED) is 0.0239. The highest BCUT2D eigenvalue weighted by Gasteiger charge is 2.29. The van der Waals surface area contributed by atoms with Crippen molar-refractivity contribution in [1.82, 2.24) is 5.32 Å². The van der Waals surface area contributed by atoms with Crippen LogP contribution in [0.5, 0.6) is 0 Å². The Bertz CT molecular complexity index is 1730. The largest absolute Gasteiger partial charge is 0.756 e. The number of quaternary nitrogens is 1. The second-order valence-electron chi connectivity index (χ2n) is 21.4. The van der Waals surface area contributed by atoms with Crippen molar-refractivity contribution < 1.29 is 38.0 Å². The van der Waals surface area contributed by atoms with E-state index in [1.165, 1.54) is 83.5 Å². The lowest BCUT2D eigenvalue weighted by atomic mass is 10.0. The first-order valence-corrected chi connectivity index (χ1v) is 32.0. The van der Waals surface area contributed by atoms with Crippen LogP contribution in [0.2, 0.25) is 0 Å². The van der Waals surface area contributed by atoms with E-state index in [2.05, 4.69) is 146 Å². The van der Waals surface area contributed by atoms with Crippen LogP contribution in [0.15, 0.2) is 134 Å². The van der Waals surface area contributed by atoms with E-state index >= 15 is 0 Å². The van der Waals surface area contributed by atoms with Crippen molar-refractivity contribution in [2.24, 2.45) is 0 Å². The minimum atomic E-state index is -4.69. The van der Waals surface area contributed by atoms with Crippen LogP contribution in [0.4, 0.5) is 0 Å². The molecule has 440 valence electrons.